The maximum Gasteiger partial charge on any atom is 0.269 e. The molecule has 0 unspecified atom stereocenters. The molecule has 36 heavy (non-hydrogen) atoms. The van der Waals surface area contributed by atoms with Gasteiger partial charge >= 0.3 is 0 Å². The van der Waals surface area contributed by atoms with Gasteiger partial charge in [0.2, 0.25) is 0 Å². The summed E-state index contributed by atoms with van der Waals surface area (Å²) in [6, 6.07) is 22.3. The van der Waals surface area contributed by atoms with Crippen LogP contribution in [-0.2, 0) is 0 Å². The van der Waals surface area contributed by atoms with Crippen LogP contribution in [0.4, 0.5) is 5.69 Å². The van der Waals surface area contributed by atoms with Gasteiger partial charge in [0, 0.05) is 28.6 Å². The molecule has 178 valence electrons. The van der Waals surface area contributed by atoms with Crippen molar-refractivity contribution in [2.45, 2.75) is 0 Å². The lowest BCUT2D eigenvalue weighted by atomic mass is 10.1. The molecule has 0 N–H and O–H groups in total. The van der Waals surface area contributed by atoms with Gasteiger partial charge in [0.25, 0.3) is 5.69 Å². The zero-order valence-electron chi connectivity index (χ0n) is 19.1. The molecule has 0 spiro atoms. The number of Topliss-reactive ketones (excluding diaryl/α,β-unsaturated/α-hetero) is 1. The number of nitro benzene ring substituents is 1. The number of carbonyl (C=O) groups is 1. The monoisotopic (exact) mass is 497 g/mol. The van der Waals surface area contributed by atoms with Crippen LogP contribution in [0.15, 0.2) is 78.2 Å². The summed E-state index contributed by atoms with van der Waals surface area (Å²) in [5.74, 6) is 0.681. The third kappa shape index (κ3) is 5.63. The molecule has 4 rings (SSSR count). The van der Waals surface area contributed by atoms with Crippen molar-refractivity contribution in [1.29, 1.82) is 5.26 Å². The Kier molecular flexibility index (Phi) is 7.48. The van der Waals surface area contributed by atoms with Crippen LogP contribution in [0.2, 0.25) is 0 Å². The minimum Gasteiger partial charge on any atom is -0.493 e. The third-order valence-electron chi connectivity index (χ3n) is 5.18. The molecule has 1 heterocycles. The number of ketones is 1. The molecule has 1 aromatic heterocycles. The molecule has 0 saturated carbocycles. The Morgan fingerprint density at radius 1 is 1.11 bits per heavy atom. The van der Waals surface area contributed by atoms with E-state index in [-0.39, 0.29) is 18.1 Å². The summed E-state index contributed by atoms with van der Waals surface area (Å²) in [6.45, 7) is -0.135. The Hall–Kier alpha value is -4.81. The Bertz CT molecular complexity index is 1470. The van der Waals surface area contributed by atoms with Crippen molar-refractivity contribution >= 4 is 34.5 Å². The Balaban J connectivity index is 1.51. The number of allylic oxidation sites excluding steroid dienone is 1. The van der Waals surface area contributed by atoms with Gasteiger partial charge in [-0.2, -0.15) is 5.26 Å². The first-order valence-corrected chi connectivity index (χ1v) is 11.6. The highest BCUT2D eigenvalue weighted by molar-refractivity contribution is 7.11. The maximum absolute atomic E-state index is 12.3. The molecule has 0 fully saturated rings. The van der Waals surface area contributed by atoms with Gasteiger partial charge in [-0.1, -0.05) is 36.4 Å². The largest absolute Gasteiger partial charge is 0.493 e. The number of aromatic nitrogens is 1. The van der Waals surface area contributed by atoms with Gasteiger partial charge in [0.15, 0.2) is 23.9 Å². The molecule has 4 aromatic rings. The van der Waals surface area contributed by atoms with Crippen molar-refractivity contribution in [3.8, 4) is 28.8 Å². The maximum atomic E-state index is 12.3. The van der Waals surface area contributed by atoms with E-state index in [0.717, 1.165) is 0 Å². The summed E-state index contributed by atoms with van der Waals surface area (Å²) in [5, 5.41) is 22.9. The van der Waals surface area contributed by atoms with E-state index in [2.05, 4.69) is 11.1 Å². The molecule has 0 bridgehead atoms. The summed E-state index contributed by atoms with van der Waals surface area (Å²) in [6.07, 6.45) is 1.68. The fourth-order valence-corrected chi connectivity index (χ4v) is 4.13. The molecular weight excluding hydrogens is 478 g/mol. The van der Waals surface area contributed by atoms with Gasteiger partial charge in [-0.3, -0.25) is 14.9 Å². The predicted octanol–water partition coefficient (Wildman–Crippen LogP) is 6.05. The number of methoxy groups -OCH3 is 1. The van der Waals surface area contributed by atoms with E-state index in [4.69, 9.17) is 9.47 Å². The number of carbonyl (C=O) groups excluding carboxylic acids is 1. The molecule has 3 aromatic carbocycles. The number of nitriles is 1. The number of thiazole rings is 1. The third-order valence-corrected chi connectivity index (χ3v) is 6.06. The van der Waals surface area contributed by atoms with Crippen LogP contribution in [0, 0.1) is 21.4 Å². The molecule has 0 aliphatic carbocycles. The second kappa shape index (κ2) is 11.1. The average Bonchev–Trinajstić information content (AvgIpc) is 3.41. The van der Waals surface area contributed by atoms with E-state index in [1.54, 1.807) is 66.1 Å². The SMILES string of the molecule is COc1cc(/C=C(\C#N)c2nc(-c3ccc([N+](=O)[O-])cc3)cs2)ccc1OCC(=O)c1ccccc1. The fourth-order valence-electron chi connectivity index (χ4n) is 3.34. The topological polar surface area (TPSA) is 115 Å². The van der Waals surface area contributed by atoms with Gasteiger partial charge in [-0.15, -0.1) is 11.3 Å². The molecule has 0 aliphatic rings. The highest BCUT2D eigenvalue weighted by atomic mass is 32.1. The molecular formula is C27H19N3O5S. The first kappa shape index (κ1) is 24.3. The highest BCUT2D eigenvalue weighted by Crippen LogP contribution is 2.32. The number of hydrogen-bond donors (Lipinski definition) is 0. The molecule has 8 nitrogen and oxygen atoms in total. The number of rotatable bonds is 9. The fraction of sp³-hybridized carbons (Fsp3) is 0.0741. The Morgan fingerprint density at radius 3 is 2.53 bits per heavy atom. The van der Waals surface area contributed by atoms with Crippen LogP contribution < -0.4 is 9.47 Å². The van der Waals surface area contributed by atoms with Crippen LogP contribution in [0.5, 0.6) is 11.5 Å². The zero-order chi connectivity index (χ0) is 25.5. The van der Waals surface area contributed by atoms with E-state index in [9.17, 15) is 20.2 Å². The van der Waals surface area contributed by atoms with Crippen molar-refractivity contribution in [2.75, 3.05) is 13.7 Å². The molecule has 0 atom stereocenters. The summed E-state index contributed by atoms with van der Waals surface area (Å²) in [7, 11) is 1.50. The van der Waals surface area contributed by atoms with E-state index < -0.39 is 4.92 Å². The normalized spacial score (nSPS) is 10.9. The summed E-state index contributed by atoms with van der Waals surface area (Å²) in [4.78, 5) is 27.3. The summed E-state index contributed by atoms with van der Waals surface area (Å²) < 4.78 is 11.1. The molecule has 0 amide bonds. The van der Waals surface area contributed by atoms with Crippen LogP contribution in [-0.4, -0.2) is 29.4 Å². The first-order valence-electron chi connectivity index (χ1n) is 10.7. The van der Waals surface area contributed by atoms with Crippen LogP contribution in [0.1, 0.15) is 20.9 Å². The minimum atomic E-state index is -0.460. The number of nitro groups is 1. The Morgan fingerprint density at radius 2 is 1.86 bits per heavy atom. The lowest BCUT2D eigenvalue weighted by Gasteiger charge is -2.11. The smallest absolute Gasteiger partial charge is 0.269 e. The van der Waals surface area contributed by atoms with E-state index in [0.29, 0.717) is 44.5 Å². The second-order valence-corrected chi connectivity index (χ2v) is 8.36. The van der Waals surface area contributed by atoms with Crippen molar-refractivity contribution in [1.82, 2.24) is 4.98 Å². The highest BCUT2D eigenvalue weighted by Gasteiger charge is 2.13. The minimum absolute atomic E-state index is 0.00221. The number of ether oxygens (including phenoxy) is 2. The molecule has 9 heteroatoms. The van der Waals surface area contributed by atoms with Crippen LogP contribution in [0.3, 0.4) is 0 Å². The Labute approximate surface area is 210 Å². The van der Waals surface area contributed by atoms with E-state index in [1.165, 1.54) is 30.6 Å². The van der Waals surface area contributed by atoms with Gasteiger partial charge in [0.05, 0.1) is 23.3 Å². The summed E-state index contributed by atoms with van der Waals surface area (Å²) in [5.41, 5.74) is 2.94. The van der Waals surface area contributed by atoms with Gasteiger partial charge < -0.3 is 9.47 Å². The lowest BCUT2D eigenvalue weighted by Crippen LogP contribution is -2.11. The van der Waals surface area contributed by atoms with Crippen molar-refractivity contribution < 1.29 is 19.2 Å². The standard InChI is InChI=1S/C27H19N3O5S/c1-34-26-14-18(7-12-25(26)35-16-24(31)20-5-3-2-4-6-20)13-21(15-28)27-29-23(17-36-27)19-8-10-22(11-9-19)30(32)33/h2-14,17H,16H2,1H3/b21-13+. The number of benzene rings is 3. The number of non-ortho nitro benzene ring substituents is 1. The quantitative estimate of drug-likeness (QED) is 0.120. The van der Waals surface area contributed by atoms with Crippen molar-refractivity contribution in [2.24, 2.45) is 0 Å². The van der Waals surface area contributed by atoms with Gasteiger partial charge in [-0.25, -0.2) is 4.98 Å². The van der Waals surface area contributed by atoms with Gasteiger partial charge in [-0.05, 0) is 35.9 Å². The first-order chi connectivity index (χ1) is 17.5. The second-order valence-electron chi connectivity index (χ2n) is 7.50. The lowest BCUT2D eigenvalue weighted by molar-refractivity contribution is -0.384. The van der Waals surface area contributed by atoms with Crippen LogP contribution >= 0.6 is 11.3 Å². The van der Waals surface area contributed by atoms with E-state index in [1.807, 2.05) is 6.07 Å². The van der Waals surface area contributed by atoms with E-state index >= 15 is 0 Å². The average molecular weight is 498 g/mol. The van der Waals surface area contributed by atoms with Crippen molar-refractivity contribution in [3.05, 3.63) is 104 Å². The molecule has 0 aliphatic heterocycles. The molecule has 0 saturated heterocycles. The van der Waals surface area contributed by atoms with Crippen molar-refractivity contribution in [3.63, 3.8) is 0 Å². The zero-order valence-corrected chi connectivity index (χ0v) is 19.9. The number of hydrogen-bond acceptors (Lipinski definition) is 8. The summed E-state index contributed by atoms with van der Waals surface area (Å²) >= 11 is 1.30. The van der Waals surface area contributed by atoms with Gasteiger partial charge in [0.1, 0.15) is 11.1 Å². The predicted molar refractivity (Wildman–Crippen MR) is 137 cm³/mol. The number of nitrogens with zero attached hydrogens (tertiary/aromatic N) is 3. The van der Waals surface area contributed by atoms with Crippen LogP contribution in [0.25, 0.3) is 22.9 Å². The molecule has 0 radical (unpaired) electrons.